The minimum Gasteiger partial charge on any atom is -0.478 e. The van der Waals surface area contributed by atoms with Crippen LogP contribution in [0.2, 0.25) is 0 Å². The largest absolute Gasteiger partial charge is 0.478 e. The second kappa shape index (κ2) is 8.37. The molecule has 0 aliphatic carbocycles. The Bertz CT molecular complexity index is 1110. The maximum Gasteiger partial charge on any atom is 0.335 e. The highest BCUT2D eigenvalue weighted by Crippen LogP contribution is 2.35. The summed E-state index contributed by atoms with van der Waals surface area (Å²) in [6.45, 7) is 0. The number of benzene rings is 2. The summed E-state index contributed by atoms with van der Waals surface area (Å²) < 4.78 is 0. The number of carboxylic acid groups (broad SMARTS) is 1. The van der Waals surface area contributed by atoms with Gasteiger partial charge in [0.05, 0.1) is 21.1 Å². The van der Waals surface area contributed by atoms with Crippen LogP contribution in [0.5, 0.6) is 0 Å². The Morgan fingerprint density at radius 1 is 1.27 bits per heavy atom. The van der Waals surface area contributed by atoms with Gasteiger partial charge in [-0.2, -0.15) is 0 Å². The van der Waals surface area contributed by atoms with E-state index in [0.717, 1.165) is 11.8 Å². The molecule has 1 N–H and O–H groups in total. The lowest BCUT2D eigenvalue weighted by Crippen LogP contribution is -2.23. The monoisotopic (exact) mass is 426 g/mol. The summed E-state index contributed by atoms with van der Waals surface area (Å²) in [6, 6.07) is 10.8. The van der Waals surface area contributed by atoms with Gasteiger partial charge in [-0.25, -0.2) is 9.79 Å². The molecule has 0 atom stereocenters. The standard InChI is InChI=1S/C20H18N4O5S/c1-22(2)15-8-7-12(9-16(15)24(28)29)10-17-18(25)23(3)20(30-17)21-14-6-4-5-13(11-14)19(26)27/h4-11H,1-3H3,(H,26,27)/b17-10+,21-20?. The number of rotatable bonds is 5. The highest BCUT2D eigenvalue weighted by molar-refractivity contribution is 8.18. The van der Waals surface area contributed by atoms with Gasteiger partial charge in [0.15, 0.2) is 5.17 Å². The summed E-state index contributed by atoms with van der Waals surface area (Å²) in [5.74, 6) is -1.36. The van der Waals surface area contributed by atoms with Crippen LogP contribution in [0.15, 0.2) is 52.4 Å². The molecule has 0 radical (unpaired) electrons. The first-order valence-corrected chi connectivity index (χ1v) is 9.54. The summed E-state index contributed by atoms with van der Waals surface area (Å²) in [7, 11) is 5.00. The molecule has 1 fully saturated rings. The fourth-order valence-corrected chi connectivity index (χ4v) is 3.76. The van der Waals surface area contributed by atoms with Crippen LogP contribution in [0, 0.1) is 10.1 Å². The minimum atomic E-state index is -1.07. The molecule has 0 unspecified atom stereocenters. The Balaban J connectivity index is 1.94. The van der Waals surface area contributed by atoms with Gasteiger partial charge in [0.1, 0.15) is 5.69 Å². The van der Waals surface area contributed by atoms with Crippen LogP contribution in [-0.4, -0.2) is 53.1 Å². The van der Waals surface area contributed by atoms with Crippen LogP contribution >= 0.6 is 11.8 Å². The predicted octanol–water partition coefficient (Wildman–Crippen LogP) is 3.59. The van der Waals surface area contributed by atoms with E-state index in [9.17, 15) is 19.7 Å². The molecule has 0 saturated carbocycles. The summed E-state index contributed by atoms with van der Waals surface area (Å²) in [5.41, 5.74) is 1.43. The first-order valence-electron chi connectivity index (χ1n) is 8.73. The molecule has 154 valence electrons. The topological polar surface area (TPSA) is 116 Å². The third kappa shape index (κ3) is 4.33. The maximum atomic E-state index is 12.6. The van der Waals surface area contributed by atoms with Gasteiger partial charge in [0, 0.05) is 27.2 Å². The Morgan fingerprint density at radius 3 is 2.63 bits per heavy atom. The van der Waals surface area contributed by atoms with E-state index < -0.39 is 10.9 Å². The number of aromatic carboxylic acids is 1. The number of hydrogen-bond acceptors (Lipinski definition) is 7. The van der Waals surface area contributed by atoms with E-state index in [1.165, 1.54) is 23.1 Å². The highest BCUT2D eigenvalue weighted by atomic mass is 32.2. The number of carbonyl (C=O) groups excluding carboxylic acids is 1. The number of aliphatic imine (C=N–C) groups is 1. The second-order valence-corrected chi connectivity index (χ2v) is 7.63. The number of carboxylic acids is 1. The first-order chi connectivity index (χ1) is 14.2. The van der Waals surface area contributed by atoms with Crippen molar-refractivity contribution in [2.45, 2.75) is 0 Å². The van der Waals surface area contributed by atoms with Crippen molar-refractivity contribution < 1.29 is 19.6 Å². The van der Waals surface area contributed by atoms with Crippen LogP contribution in [0.25, 0.3) is 6.08 Å². The molecule has 30 heavy (non-hydrogen) atoms. The molecule has 0 bridgehead atoms. The van der Waals surface area contributed by atoms with E-state index in [1.807, 2.05) is 0 Å². The SMILES string of the molecule is CN1C(=O)/C(=C\c2ccc(N(C)C)c([N+](=O)[O-])c2)SC1=Nc1cccc(C(=O)O)c1. The molecule has 1 saturated heterocycles. The quantitative estimate of drug-likeness (QED) is 0.441. The number of amidine groups is 1. The molecular weight excluding hydrogens is 408 g/mol. The number of anilines is 1. The van der Waals surface area contributed by atoms with Gasteiger partial charge < -0.3 is 10.0 Å². The van der Waals surface area contributed by atoms with E-state index in [-0.39, 0.29) is 17.2 Å². The molecule has 10 heteroatoms. The van der Waals surface area contributed by atoms with Gasteiger partial charge in [0.25, 0.3) is 11.6 Å². The van der Waals surface area contributed by atoms with Gasteiger partial charge in [-0.15, -0.1) is 0 Å². The molecule has 1 amide bonds. The van der Waals surface area contributed by atoms with Crippen molar-refractivity contribution in [3.63, 3.8) is 0 Å². The third-order valence-corrected chi connectivity index (χ3v) is 5.36. The number of nitrogens with zero attached hydrogens (tertiary/aromatic N) is 4. The van der Waals surface area contributed by atoms with Gasteiger partial charge in [0.2, 0.25) is 0 Å². The van der Waals surface area contributed by atoms with Gasteiger partial charge in [-0.05, 0) is 47.7 Å². The molecule has 9 nitrogen and oxygen atoms in total. The summed E-state index contributed by atoms with van der Waals surface area (Å²) in [6.07, 6.45) is 1.58. The smallest absolute Gasteiger partial charge is 0.335 e. The number of hydrogen-bond donors (Lipinski definition) is 1. The van der Waals surface area contributed by atoms with Crippen molar-refractivity contribution in [2.75, 3.05) is 26.0 Å². The zero-order valence-electron chi connectivity index (χ0n) is 16.4. The lowest BCUT2D eigenvalue weighted by molar-refractivity contribution is -0.384. The molecule has 1 aliphatic heterocycles. The summed E-state index contributed by atoms with van der Waals surface area (Å²) >= 11 is 1.12. The molecular formula is C20H18N4O5S. The molecule has 0 spiro atoms. The first kappa shape index (κ1) is 21.1. The van der Waals surface area contributed by atoms with Crippen molar-refractivity contribution in [1.29, 1.82) is 0 Å². The minimum absolute atomic E-state index is 0.0578. The van der Waals surface area contributed by atoms with E-state index in [1.54, 1.807) is 56.4 Å². The maximum absolute atomic E-state index is 12.6. The van der Waals surface area contributed by atoms with Crippen molar-refractivity contribution in [3.8, 4) is 0 Å². The Morgan fingerprint density at radius 2 is 2.00 bits per heavy atom. The molecule has 3 rings (SSSR count). The van der Waals surface area contributed by atoms with Gasteiger partial charge in [-0.3, -0.25) is 19.8 Å². The van der Waals surface area contributed by atoms with Crippen molar-refractivity contribution in [3.05, 3.63) is 68.6 Å². The van der Waals surface area contributed by atoms with Gasteiger partial charge in [-0.1, -0.05) is 12.1 Å². The molecule has 0 aromatic heterocycles. The zero-order chi connectivity index (χ0) is 22.0. The fourth-order valence-electron chi connectivity index (χ4n) is 2.78. The lowest BCUT2D eigenvalue weighted by atomic mass is 10.1. The molecule has 1 heterocycles. The van der Waals surface area contributed by atoms with E-state index in [2.05, 4.69) is 4.99 Å². The second-order valence-electron chi connectivity index (χ2n) is 6.62. The van der Waals surface area contributed by atoms with Crippen LogP contribution in [-0.2, 0) is 4.79 Å². The average molecular weight is 426 g/mol. The van der Waals surface area contributed by atoms with E-state index in [4.69, 9.17) is 5.11 Å². The lowest BCUT2D eigenvalue weighted by Gasteiger charge is -2.12. The Labute approximate surface area is 176 Å². The van der Waals surface area contributed by atoms with Crippen molar-refractivity contribution >= 4 is 51.9 Å². The normalized spacial score (nSPS) is 16.4. The van der Waals surface area contributed by atoms with Crippen LogP contribution in [0.4, 0.5) is 17.1 Å². The number of thioether (sulfide) groups is 1. The van der Waals surface area contributed by atoms with Crippen LogP contribution in [0.3, 0.4) is 0 Å². The number of likely N-dealkylation sites (N-methyl/N-ethyl adjacent to an activating group) is 1. The van der Waals surface area contributed by atoms with Crippen molar-refractivity contribution in [2.24, 2.45) is 4.99 Å². The summed E-state index contributed by atoms with van der Waals surface area (Å²) in [4.78, 5) is 42.4. The van der Waals surface area contributed by atoms with Gasteiger partial charge >= 0.3 is 5.97 Å². The molecule has 2 aromatic carbocycles. The Kier molecular flexibility index (Phi) is 5.88. The molecule has 2 aromatic rings. The average Bonchev–Trinajstić information content (AvgIpc) is 2.95. The number of amides is 1. The van der Waals surface area contributed by atoms with E-state index >= 15 is 0 Å². The fraction of sp³-hybridized carbons (Fsp3) is 0.150. The molecule has 1 aliphatic rings. The summed E-state index contributed by atoms with van der Waals surface area (Å²) in [5, 5.41) is 20.9. The Hall–Kier alpha value is -3.66. The number of nitro groups is 1. The third-order valence-electron chi connectivity index (χ3n) is 4.30. The number of carbonyl (C=O) groups is 2. The predicted molar refractivity (Wildman–Crippen MR) is 116 cm³/mol. The number of nitro benzene ring substituents is 1. The zero-order valence-corrected chi connectivity index (χ0v) is 17.2. The van der Waals surface area contributed by atoms with Crippen LogP contribution < -0.4 is 4.90 Å². The van der Waals surface area contributed by atoms with E-state index in [0.29, 0.717) is 27.0 Å². The van der Waals surface area contributed by atoms with Crippen molar-refractivity contribution in [1.82, 2.24) is 4.90 Å². The highest BCUT2D eigenvalue weighted by Gasteiger charge is 2.30. The van der Waals surface area contributed by atoms with Crippen LogP contribution in [0.1, 0.15) is 15.9 Å².